The van der Waals surface area contributed by atoms with Crippen LogP contribution in [-0.4, -0.2) is 103 Å². The lowest BCUT2D eigenvalue weighted by Gasteiger charge is -2.59. The van der Waals surface area contributed by atoms with Gasteiger partial charge in [0.15, 0.2) is 5.78 Å². The van der Waals surface area contributed by atoms with E-state index >= 15 is 4.39 Å². The number of morpholine rings is 1. The van der Waals surface area contributed by atoms with Gasteiger partial charge in [0.1, 0.15) is 11.7 Å². The van der Waals surface area contributed by atoms with E-state index in [4.69, 9.17) is 9.47 Å². The van der Waals surface area contributed by atoms with Gasteiger partial charge in [-0.3, -0.25) is 4.79 Å². The minimum atomic E-state index is -1.27. The van der Waals surface area contributed by atoms with Crippen LogP contribution in [0.5, 0.6) is 0 Å². The minimum Gasteiger partial charge on any atom is -0.478 e. The number of hydrogen-bond acceptors (Lipinski definition) is 7. The molecule has 0 radical (unpaired) electrons. The summed E-state index contributed by atoms with van der Waals surface area (Å²) in [6.45, 7) is 3.71. The van der Waals surface area contributed by atoms with Crippen molar-refractivity contribution in [3.8, 4) is 0 Å². The zero-order valence-electron chi connectivity index (χ0n) is 18.6. The number of ketones is 1. The lowest BCUT2D eigenvalue weighted by atomic mass is 9.69. The van der Waals surface area contributed by atoms with Crippen molar-refractivity contribution < 1.29 is 28.6 Å². The number of nitrogens with zero attached hydrogens (tertiary/aromatic N) is 2. The van der Waals surface area contributed by atoms with E-state index in [1.807, 2.05) is 4.90 Å². The number of fused-ring (bicyclic) bond motifs is 2. The highest BCUT2D eigenvalue weighted by molar-refractivity contribution is 6.18. The standard InChI is InChI=1S/C23H34FN3O5/c1-31-13-4-5-17-18(10-13)32-22-19(25-6-9-26-7-2-3-8-26)16(24)11-14-20(22)27(17)12-15(21(14)28)23(29)30/h12-14,16-20,22,25H,2-11H2,1H3,(H,29,30). The first-order valence-electron chi connectivity index (χ1n) is 12.0. The van der Waals surface area contributed by atoms with Gasteiger partial charge in [-0.05, 0) is 45.2 Å². The van der Waals surface area contributed by atoms with Crippen molar-refractivity contribution in [1.29, 1.82) is 0 Å². The zero-order chi connectivity index (χ0) is 22.4. The third-order valence-corrected chi connectivity index (χ3v) is 8.19. The molecule has 0 spiro atoms. The first kappa shape index (κ1) is 22.3. The number of halogens is 1. The van der Waals surface area contributed by atoms with Gasteiger partial charge in [-0.1, -0.05) is 0 Å². The van der Waals surface area contributed by atoms with Crippen LogP contribution in [-0.2, 0) is 19.1 Å². The number of aliphatic carboxylic acids is 1. The molecule has 0 aromatic heterocycles. The van der Waals surface area contributed by atoms with E-state index in [2.05, 4.69) is 10.2 Å². The van der Waals surface area contributed by atoms with Gasteiger partial charge in [-0.2, -0.15) is 0 Å². The van der Waals surface area contributed by atoms with Crippen molar-refractivity contribution in [2.75, 3.05) is 33.3 Å². The number of carboxylic acids is 1. The summed E-state index contributed by atoms with van der Waals surface area (Å²) in [5.74, 6) is -2.39. The van der Waals surface area contributed by atoms with Gasteiger partial charge in [0.2, 0.25) is 0 Å². The van der Waals surface area contributed by atoms with Gasteiger partial charge in [-0.25, -0.2) is 9.18 Å². The molecule has 32 heavy (non-hydrogen) atoms. The lowest BCUT2D eigenvalue weighted by Crippen LogP contribution is -2.73. The summed E-state index contributed by atoms with van der Waals surface area (Å²) in [6.07, 6.45) is 4.44. The van der Waals surface area contributed by atoms with Crippen LogP contribution in [0.15, 0.2) is 11.8 Å². The molecule has 0 bridgehead atoms. The predicted molar refractivity (Wildman–Crippen MR) is 114 cm³/mol. The number of carboxylic acid groups (broad SMARTS) is 1. The number of nitrogens with one attached hydrogen (secondary N) is 1. The Morgan fingerprint density at radius 3 is 2.81 bits per heavy atom. The van der Waals surface area contributed by atoms with Gasteiger partial charge >= 0.3 is 5.97 Å². The van der Waals surface area contributed by atoms with Crippen LogP contribution in [0.2, 0.25) is 0 Å². The summed E-state index contributed by atoms with van der Waals surface area (Å²) in [4.78, 5) is 29.2. The molecule has 8 atom stereocenters. The number of likely N-dealkylation sites (tertiary alicyclic amines) is 1. The molecule has 3 heterocycles. The molecule has 2 aliphatic carbocycles. The van der Waals surface area contributed by atoms with Crippen molar-refractivity contribution in [2.45, 2.75) is 81.1 Å². The van der Waals surface area contributed by atoms with E-state index in [1.165, 1.54) is 19.0 Å². The average Bonchev–Trinajstić information content (AvgIpc) is 3.30. The second-order valence-electron chi connectivity index (χ2n) is 9.91. The zero-order valence-corrected chi connectivity index (χ0v) is 18.6. The molecule has 3 aliphatic heterocycles. The summed E-state index contributed by atoms with van der Waals surface area (Å²) in [5, 5.41) is 13.0. The highest BCUT2D eigenvalue weighted by Crippen LogP contribution is 2.45. The summed E-state index contributed by atoms with van der Waals surface area (Å²) in [6, 6.07) is -0.867. The molecule has 2 saturated carbocycles. The van der Waals surface area contributed by atoms with Crippen molar-refractivity contribution in [3.63, 3.8) is 0 Å². The SMILES string of the molecule is COC1CCC2C(C1)OC1C(NCCN3CCCC3)C(F)CC3C(=O)C(C(=O)O)=CN2C31. The summed E-state index contributed by atoms with van der Waals surface area (Å²) in [7, 11) is 1.69. The Morgan fingerprint density at radius 1 is 1.31 bits per heavy atom. The molecule has 9 heteroatoms. The topological polar surface area (TPSA) is 91.3 Å². The molecule has 0 aromatic rings. The maximum Gasteiger partial charge on any atom is 0.340 e. The monoisotopic (exact) mass is 451 g/mol. The van der Waals surface area contributed by atoms with Crippen LogP contribution in [0.3, 0.4) is 0 Å². The van der Waals surface area contributed by atoms with E-state index in [1.54, 1.807) is 7.11 Å². The highest BCUT2D eigenvalue weighted by atomic mass is 19.1. The summed E-state index contributed by atoms with van der Waals surface area (Å²) < 4.78 is 27.6. The Kier molecular flexibility index (Phi) is 6.26. The second kappa shape index (κ2) is 9.00. The predicted octanol–water partition coefficient (Wildman–Crippen LogP) is 0.955. The fourth-order valence-corrected chi connectivity index (χ4v) is 6.58. The molecule has 178 valence electrons. The van der Waals surface area contributed by atoms with E-state index in [9.17, 15) is 14.7 Å². The maximum atomic E-state index is 15.5. The quantitative estimate of drug-likeness (QED) is 0.577. The lowest BCUT2D eigenvalue weighted by molar-refractivity contribution is -0.207. The first-order valence-corrected chi connectivity index (χ1v) is 12.0. The van der Waals surface area contributed by atoms with E-state index < -0.39 is 36.0 Å². The van der Waals surface area contributed by atoms with Crippen LogP contribution < -0.4 is 5.32 Å². The molecule has 5 rings (SSSR count). The molecule has 0 aromatic carbocycles. The van der Waals surface area contributed by atoms with Crippen molar-refractivity contribution >= 4 is 11.8 Å². The average molecular weight is 452 g/mol. The Balaban J connectivity index is 1.41. The normalized spacial score (nSPS) is 41.8. The second-order valence-corrected chi connectivity index (χ2v) is 9.91. The molecule has 5 aliphatic rings. The Morgan fingerprint density at radius 2 is 2.09 bits per heavy atom. The molecule has 2 saturated heterocycles. The third-order valence-electron chi connectivity index (χ3n) is 8.19. The molecule has 2 N–H and O–H groups in total. The Labute approximate surface area is 188 Å². The van der Waals surface area contributed by atoms with Crippen LogP contribution >= 0.6 is 0 Å². The molecule has 0 amide bonds. The van der Waals surface area contributed by atoms with Crippen LogP contribution in [0, 0.1) is 5.92 Å². The van der Waals surface area contributed by atoms with Crippen LogP contribution in [0.25, 0.3) is 0 Å². The number of Topliss-reactive ketones (excluding diaryl/α,β-unsaturated/α-hetero) is 1. The van der Waals surface area contributed by atoms with Crippen LogP contribution in [0.1, 0.15) is 38.5 Å². The van der Waals surface area contributed by atoms with Crippen molar-refractivity contribution in [1.82, 2.24) is 15.1 Å². The number of methoxy groups -OCH3 is 1. The van der Waals surface area contributed by atoms with E-state index in [0.717, 1.165) is 32.5 Å². The Bertz CT molecular complexity index is 773. The summed E-state index contributed by atoms with van der Waals surface area (Å²) >= 11 is 0. The molecular formula is C23H34FN3O5. The van der Waals surface area contributed by atoms with Gasteiger partial charge in [0.05, 0.1) is 36.4 Å². The molecular weight excluding hydrogens is 417 g/mol. The number of carbonyl (C=O) groups excluding carboxylic acids is 1. The fraction of sp³-hybridized carbons (Fsp3) is 0.826. The van der Waals surface area contributed by atoms with Gasteiger partial charge in [-0.15, -0.1) is 0 Å². The smallest absolute Gasteiger partial charge is 0.340 e. The maximum absolute atomic E-state index is 15.5. The summed E-state index contributed by atoms with van der Waals surface area (Å²) in [5.41, 5.74) is -0.229. The molecule has 8 nitrogen and oxygen atoms in total. The number of ether oxygens (including phenoxy) is 2. The number of alkyl halides is 1. The third kappa shape index (κ3) is 3.87. The Hall–Kier alpha value is -1.55. The first-order chi connectivity index (χ1) is 15.5. The number of rotatable bonds is 6. The van der Waals surface area contributed by atoms with Crippen molar-refractivity contribution in [2.24, 2.45) is 5.92 Å². The fourth-order valence-electron chi connectivity index (χ4n) is 6.58. The van der Waals surface area contributed by atoms with Gasteiger partial charge in [0.25, 0.3) is 0 Å². The molecule has 8 unspecified atom stereocenters. The van der Waals surface area contributed by atoms with Gasteiger partial charge < -0.3 is 29.7 Å². The van der Waals surface area contributed by atoms with E-state index in [0.29, 0.717) is 13.0 Å². The minimum absolute atomic E-state index is 0.0194. The van der Waals surface area contributed by atoms with E-state index in [-0.39, 0.29) is 36.3 Å². The van der Waals surface area contributed by atoms with Crippen LogP contribution in [0.4, 0.5) is 4.39 Å². The highest BCUT2D eigenvalue weighted by Gasteiger charge is 2.58. The molecule has 4 fully saturated rings. The number of hydrogen-bond donors (Lipinski definition) is 2. The number of carbonyl (C=O) groups is 2. The largest absolute Gasteiger partial charge is 0.478 e. The van der Waals surface area contributed by atoms with Gasteiger partial charge in [0, 0.05) is 38.7 Å². The van der Waals surface area contributed by atoms with Crippen molar-refractivity contribution in [3.05, 3.63) is 11.8 Å².